The number of fused-ring (bicyclic) bond motifs is 1. The maximum absolute atomic E-state index is 12.7. The average molecular weight is 300 g/mol. The van der Waals surface area contributed by atoms with Gasteiger partial charge in [-0.3, -0.25) is 0 Å². The molecular weight excluding hydrogens is 285 g/mol. The molecule has 0 saturated heterocycles. The minimum Gasteiger partial charge on any atom is -0.467 e. The van der Waals surface area contributed by atoms with E-state index in [1.165, 1.54) is 10.9 Å². The lowest BCUT2D eigenvalue weighted by Gasteiger charge is -2.19. The van der Waals surface area contributed by atoms with Crippen LogP contribution in [0.4, 0.5) is 13.2 Å². The quantitative estimate of drug-likeness (QED) is 0.817. The van der Waals surface area contributed by atoms with E-state index >= 15 is 0 Å². The van der Waals surface area contributed by atoms with Gasteiger partial charge in [0.15, 0.2) is 0 Å². The van der Waals surface area contributed by atoms with Gasteiger partial charge in [-0.1, -0.05) is 0 Å². The number of carbonyl (C=O) groups is 1. The first-order valence-electron chi connectivity index (χ1n) is 6.31. The summed E-state index contributed by atoms with van der Waals surface area (Å²) >= 11 is 0. The van der Waals surface area contributed by atoms with E-state index in [4.69, 9.17) is 0 Å². The molecule has 0 aliphatic carbocycles. The van der Waals surface area contributed by atoms with E-state index in [1.54, 1.807) is 12.1 Å². The predicted octanol–water partition coefficient (Wildman–Crippen LogP) is 3.32. The van der Waals surface area contributed by atoms with Gasteiger partial charge in [-0.25, -0.2) is 9.78 Å². The monoisotopic (exact) mass is 300 g/mol. The van der Waals surface area contributed by atoms with Crippen molar-refractivity contribution in [3.8, 4) is 0 Å². The molecule has 2 rings (SSSR count). The fourth-order valence-electron chi connectivity index (χ4n) is 2.18. The van der Waals surface area contributed by atoms with Crippen LogP contribution in [0.3, 0.4) is 0 Å². The Morgan fingerprint density at radius 1 is 1.33 bits per heavy atom. The van der Waals surface area contributed by atoms with E-state index in [1.807, 2.05) is 13.8 Å². The summed E-state index contributed by atoms with van der Waals surface area (Å²) < 4.78 is 43.8. The SMILES string of the molecule is COC(=O)C(CC(F)(F)F)n1cnc2cc(C)c(C)cc21. The Morgan fingerprint density at radius 2 is 1.95 bits per heavy atom. The van der Waals surface area contributed by atoms with E-state index in [2.05, 4.69) is 9.72 Å². The summed E-state index contributed by atoms with van der Waals surface area (Å²) in [6, 6.07) is 2.04. The van der Waals surface area contributed by atoms with Crippen molar-refractivity contribution in [2.45, 2.75) is 32.5 Å². The largest absolute Gasteiger partial charge is 0.467 e. The highest BCUT2D eigenvalue weighted by atomic mass is 19.4. The lowest BCUT2D eigenvalue weighted by molar-refractivity contribution is -0.163. The number of esters is 1. The first-order valence-corrected chi connectivity index (χ1v) is 6.31. The number of hydrogen-bond donors (Lipinski definition) is 0. The number of imidazole rings is 1. The van der Waals surface area contributed by atoms with E-state index in [9.17, 15) is 18.0 Å². The van der Waals surface area contributed by atoms with Crippen LogP contribution >= 0.6 is 0 Å². The molecule has 0 bridgehead atoms. The molecule has 0 aliphatic rings. The van der Waals surface area contributed by atoms with Gasteiger partial charge >= 0.3 is 12.1 Å². The smallest absolute Gasteiger partial charge is 0.391 e. The van der Waals surface area contributed by atoms with Crippen molar-refractivity contribution in [1.82, 2.24) is 9.55 Å². The van der Waals surface area contributed by atoms with E-state index in [0.29, 0.717) is 11.0 Å². The maximum atomic E-state index is 12.7. The molecule has 0 amide bonds. The van der Waals surface area contributed by atoms with Crippen molar-refractivity contribution in [3.63, 3.8) is 0 Å². The molecule has 1 aromatic heterocycles. The van der Waals surface area contributed by atoms with Crippen molar-refractivity contribution in [2.75, 3.05) is 7.11 Å². The molecule has 1 unspecified atom stereocenters. The highest BCUT2D eigenvalue weighted by Gasteiger charge is 2.37. The number of nitrogens with zero attached hydrogens (tertiary/aromatic N) is 2. The number of alkyl halides is 3. The van der Waals surface area contributed by atoms with E-state index in [-0.39, 0.29) is 0 Å². The first kappa shape index (κ1) is 15.3. The Labute approximate surface area is 119 Å². The van der Waals surface area contributed by atoms with Gasteiger partial charge in [0.2, 0.25) is 0 Å². The highest BCUT2D eigenvalue weighted by Crippen LogP contribution is 2.31. The Bertz CT molecular complexity index is 677. The molecular formula is C14H15F3N2O2. The van der Waals surface area contributed by atoms with Crippen LogP contribution in [-0.2, 0) is 9.53 Å². The van der Waals surface area contributed by atoms with Gasteiger partial charge in [-0.2, -0.15) is 13.2 Å². The number of ether oxygens (including phenoxy) is 1. The molecule has 0 spiro atoms. The van der Waals surface area contributed by atoms with Crippen molar-refractivity contribution < 1.29 is 22.7 Å². The summed E-state index contributed by atoms with van der Waals surface area (Å²) in [5.74, 6) is -0.940. The molecule has 0 fully saturated rings. The first-order chi connectivity index (χ1) is 9.73. The minimum absolute atomic E-state index is 0.484. The summed E-state index contributed by atoms with van der Waals surface area (Å²) in [5, 5.41) is 0. The van der Waals surface area contributed by atoms with Crippen molar-refractivity contribution in [1.29, 1.82) is 0 Å². The molecule has 0 N–H and O–H groups in total. The van der Waals surface area contributed by atoms with Gasteiger partial charge in [0.25, 0.3) is 0 Å². The fourth-order valence-corrected chi connectivity index (χ4v) is 2.18. The number of rotatable bonds is 3. The summed E-state index contributed by atoms with van der Waals surface area (Å²) in [5.41, 5.74) is 2.94. The third kappa shape index (κ3) is 3.17. The molecule has 21 heavy (non-hydrogen) atoms. The molecule has 4 nitrogen and oxygen atoms in total. The maximum Gasteiger partial charge on any atom is 0.391 e. The van der Waals surface area contributed by atoms with Gasteiger partial charge in [-0.15, -0.1) is 0 Å². The van der Waals surface area contributed by atoms with Crippen LogP contribution < -0.4 is 0 Å². The number of aromatic nitrogens is 2. The van der Waals surface area contributed by atoms with Crippen LogP contribution in [-0.4, -0.2) is 28.8 Å². The lowest BCUT2D eigenvalue weighted by atomic mass is 10.1. The molecule has 1 heterocycles. The Balaban J connectivity index is 2.54. The lowest BCUT2D eigenvalue weighted by Crippen LogP contribution is -2.26. The summed E-state index contributed by atoms with van der Waals surface area (Å²) in [6.07, 6.45) is -4.52. The topological polar surface area (TPSA) is 44.1 Å². The zero-order valence-corrected chi connectivity index (χ0v) is 11.9. The second-order valence-corrected chi connectivity index (χ2v) is 4.94. The highest BCUT2D eigenvalue weighted by molar-refractivity contribution is 5.81. The third-order valence-electron chi connectivity index (χ3n) is 3.42. The second-order valence-electron chi connectivity index (χ2n) is 4.94. The molecule has 0 saturated carbocycles. The third-order valence-corrected chi connectivity index (χ3v) is 3.42. The molecule has 2 aromatic rings. The van der Waals surface area contributed by atoms with E-state index < -0.39 is 24.6 Å². The predicted molar refractivity (Wildman–Crippen MR) is 70.9 cm³/mol. The fraction of sp³-hybridized carbons (Fsp3) is 0.429. The van der Waals surface area contributed by atoms with Crippen LogP contribution in [0.5, 0.6) is 0 Å². The van der Waals surface area contributed by atoms with Crippen LogP contribution in [0.2, 0.25) is 0 Å². The van der Waals surface area contributed by atoms with Crippen LogP contribution in [0, 0.1) is 13.8 Å². The van der Waals surface area contributed by atoms with Crippen LogP contribution in [0.15, 0.2) is 18.5 Å². The summed E-state index contributed by atoms with van der Waals surface area (Å²) in [7, 11) is 1.07. The molecule has 114 valence electrons. The number of hydrogen-bond acceptors (Lipinski definition) is 3. The zero-order valence-electron chi connectivity index (χ0n) is 11.9. The summed E-state index contributed by atoms with van der Waals surface area (Å²) in [4.78, 5) is 15.8. The normalized spacial score (nSPS) is 13.4. The van der Waals surface area contributed by atoms with Gasteiger partial charge in [0.1, 0.15) is 6.04 Å². The minimum atomic E-state index is -4.48. The second kappa shape index (κ2) is 5.38. The summed E-state index contributed by atoms with van der Waals surface area (Å²) in [6.45, 7) is 3.74. The Kier molecular flexibility index (Phi) is 3.93. The van der Waals surface area contributed by atoms with Crippen LogP contribution in [0.25, 0.3) is 11.0 Å². The van der Waals surface area contributed by atoms with Gasteiger partial charge in [0.05, 0.1) is 30.9 Å². The van der Waals surface area contributed by atoms with Crippen LogP contribution in [0.1, 0.15) is 23.6 Å². The molecule has 1 atom stereocenters. The number of benzene rings is 1. The molecule has 1 aromatic carbocycles. The number of methoxy groups -OCH3 is 1. The number of halogens is 3. The van der Waals surface area contributed by atoms with Crippen molar-refractivity contribution >= 4 is 17.0 Å². The number of aryl methyl sites for hydroxylation is 2. The zero-order chi connectivity index (χ0) is 15.8. The van der Waals surface area contributed by atoms with E-state index in [0.717, 1.165) is 18.2 Å². The molecule has 0 aliphatic heterocycles. The Hall–Kier alpha value is -2.05. The van der Waals surface area contributed by atoms with Gasteiger partial charge in [0, 0.05) is 0 Å². The number of carbonyl (C=O) groups excluding carboxylic acids is 1. The standard InChI is InChI=1S/C14H15F3N2O2/c1-8-4-10-11(5-9(8)2)19(7-18-10)12(13(20)21-3)6-14(15,16)17/h4-5,7,12H,6H2,1-3H3. The van der Waals surface area contributed by atoms with Crippen molar-refractivity contribution in [2.24, 2.45) is 0 Å². The Morgan fingerprint density at radius 3 is 2.52 bits per heavy atom. The molecule has 7 heteroatoms. The average Bonchev–Trinajstić information content (AvgIpc) is 2.77. The molecule has 0 radical (unpaired) electrons. The van der Waals surface area contributed by atoms with Crippen molar-refractivity contribution in [3.05, 3.63) is 29.6 Å². The van der Waals surface area contributed by atoms with Gasteiger partial charge in [-0.05, 0) is 37.1 Å². The van der Waals surface area contributed by atoms with Gasteiger partial charge < -0.3 is 9.30 Å².